The van der Waals surface area contributed by atoms with Crippen LogP contribution < -0.4 is 5.32 Å². The summed E-state index contributed by atoms with van der Waals surface area (Å²) in [5.74, 6) is 0.591. The molecule has 3 aromatic rings. The molecule has 8 nitrogen and oxygen atoms in total. The fourth-order valence-corrected chi connectivity index (χ4v) is 5.56. The summed E-state index contributed by atoms with van der Waals surface area (Å²) in [5, 5.41) is 7.45. The topological polar surface area (TPSA) is 81.0 Å². The third-order valence-corrected chi connectivity index (χ3v) is 6.96. The molecule has 174 valence electrons. The van der Waals surface area contributed by atoms with Gasteiger partial charge in [0.1, 0.15) is 0 Å². The normalized spacial score (nSPS) is 24.0. The zero-order valence-corrected chi connectivity index (χ0v) is 19.5. The molecular formula is C25H31N5O3. The summed E-state index contributed by atoms with van der Waals surface area (Å²) in [6.45, 7) is 5.97. The van der Waals surface area contributed by atoms with E-state index in [9.17, 15) is 4.79 Å². The monoisotopic (exact) mass is 449 g/mol. The zero-order valence-electron chi connectivity index (χ0n) is 19.5. The van der Waals surface area contributed by atoms with E-state index >= 15 is 0 Å². The van der Waals surface area contributed by atoms with Crippen molar-refractivity contribution in [1.29, 1.82) is 0 Å². The molecule has 5 rings (SSSR count). The van der Waals surface area contributed by atoms with Crippen molar-refractivity contribution in [2.45, 2.75) is 44.7 Å². The van der Waals surface area contributed by atoms with E-state index in [0.717, 1.165) is 47.3 Å². The number of nitrogens with one attached hydrogen (secondary N) is 1. The Morgan fingerprint density at radius 1 is 1.27 bits per heavy atom. The minimum atomic E-state index is -0.222. The van der Waals surface area contributed by atoms with Crippen molar-refractivity contribution in [1.82, 2.24) is 19.5 Å². The molecule has 33 heavy (non-hydrogen) atoms. The first-order valence-electron chi connectivity index (χ1n) is 11.6. The Hall–Kier alpha value is -2.97. The highest BCUT2D eigenvalue weighted by Crippen LogP contribution is 2.50. The predicted molar refractivity (Wildman–Crippen MR) is 126 cm³/mol. The van der Waals surface area contributed by atoms with Crippen molar-refractivity contribution < 1.29 is 14.3 Å². The van der Waals surface area contributed by atoms with Crippen LogP contribution in [0.4, 0.5) is 10.5 Å². The van der Waals surface area contributed by atoms with Gasteiger partial charge in [-0.2, -0.15) is 5.10 Å². The first kappa shape index (κ1) is 21.9. The lowest BCUT2D eigenvalue weighted by Crippen LogP contribution is -2.74. The summed E-state index contributed by atoms with van der Waals surface area (Å²) < 4.78 is 12.8. The Labute approximate surface area is 193 Å². The molecule has 3 unspecified atom stereocenters. The highest BCUT2D eigenvalue weighted by molar-refractivity contribution is 5.92. The van der Waals surface area contributed by atoms with E-state index in [0.29, 0.717) is 25.7 Å². The van der Waals surface area contributed by atoms with Crippen LogP contribution in [-0.2, 0) is 9.47 Å². The number of hydrogen-bond donors (Lipinski definition) is 1. The molecule has 8 heteroatoms. The van der Waals surface area contributed by atoms with Gasteiger partial charge in [-0.15, -0.1) is 0 Å². The van der Waals surface area contributed by atoms with Crippen molar-refractivity contribution in [3.05, 3.63) is 48.4 Å². The van der Waals surface area contributed by atoms with Crippen LogP contribution in [0.2, 0.25) is 0 Å². The Bertz CT molecular complexity index is 1160. The molecule has 2 aliphatic rings. The number of carbonyl (C=O) groups excluding carboxylic acids is 1. The number of nitrogens with zero attached hydrogens (tertiary/aromatic N) is 4. The van der Waals surface area contributed by atoms with Gasteiger partial charge in [-0.3, -0.25) is 4.98 Å². The molecule has 1 aliphatic heterocycles. The number of aryl methyl sites for hydroxylation is 1. The van der Waals surface area contributed by atoms with Gasteiger partial charge >= 0.3 is 6.03 Å². The molecule has 1 N–H and O–H groups in total. The van der Waals surface area contributed by atoms with Gasteiger partial charge in [0.2, 0.25) is 0 Å². The van der Waals surface area contributed by atoms with Gasteiger partial charge in [-0.1, -0.05) is 13.0 Å². The summed E-state index contributed by atoms with van der Waals surface area (Å²) in [7, 11) is 1.67. The third-order valence-electron chi connectivity index (χ3n) is 6.96. The molecule has 2 amide bonds. The zero-order chi connectivity index (χ0) is 23.0. The van der Waals surface area contributed by atoms with Gasteiger partial charge < -0.3 is 19.7 Å². The summed E-state index contributed by atoms with van der Waals surface area (Å²) in [4.78, 5) is 20.0. The van der Waals surface area contributed by atoms with Gasteiger partial charge in [-0.05, 0) is 55.9 Å². The average Bonchev–Trinajstić information content (AvgIpc) is 3.25. The van der Waals surface area contributed by atoms with Crippen LogP contribution in [-0.4, -0.2) is 64.0 Å². The maximum Gasteiger partial charge on any atom is 0.322 e. The molecule has 1 saturated heterocycles. The molecular weight excluding hydrogens is 418 g/mol. The number of benzene rings is 1. The molecule has 3 atom stereocenters. The number of urea groups is 1. The van der Waals surface area contributed by atoms with E-state index in [4.69, 9.17) is 9.47 Å². The molecule has 0 radical (unpaired) electrons. The Kier molecular flexibility index (Phi) is 5.80. The number of carbonyl (C=O) groups is 1. The van der Waals surface area contributed by atoms with Crippen LogP contribution in [0, 0.1) is 12.8 Å². The van der Waals surface area contributed by atoms with E-state index in [1.54, 1.807) is 13.3 Å². The Morgan fingerprint density at radius 2 is 2.15 bits per heavy atom. The van der Waals surface area contributed by atoms with Crippen LogP contribution in [0.1, 0.15) is 31.7 Å². The fraction of sp³-hybridized carbons (Fsp3) is 0.480. The maximum atomic E-state index is 13.4. The number of amides is 2. The van der Waals surface area contributed by atoms with Crippen molar-refractivity contribution in [3.63, 3.8) is 0 Å². The molecule has 3 heterocycles. The standard InChI is InChI=1S/C25H31N5O3/c1-17-10-21-13-25(12-17,16-33-9-8-32-3)30(21)24(31)28-19-5-4-18(2)22(11-19)23-15-29-20(14-26-23)6-7-27-29/h4-7,11,14-15,17,21H,8-10,12-13,16H2,1-3H3,(H,28,31). The highest BCUT2D eigenvalue weighted by Gasteiger charge is 2.58. The summed E-state index contributed by atoms with van der Waals surface area (Å²) in [5.41, 5.74) is 4.36. The smallest absolute Gasteiger partial charge is 0.322 e. The van der Waals surface area contributed by atoms with Crippen molar-refractivity contribution in [2.24, 2.45) is 5.92 Å². The number of likely N-dealkylation sites (tertiary alicyclic amines) is 1. The highest BCUT2D eigenvalue weighted by atomic mass is 16.5. The Balaban J connectivity index is 1.34. The molecule has 0 spiro atoms. The number of ether oxygens (including phenoxy) is 2. The van der Waals surface area contributed by atoms with Gasteiger partial charge in [0, 0.05) is 24.4 Å². The van der Waals surface area contributed by atoms with Crippen LogP contribution >= 0.6 is 0 Å². The summed E-state index contributed by atoms with van der Waals surface area (Å²) in [6.07, 6.45) is 8.49. The molecule has 1 aliphatic carbocycles. The maximum absolute atomic E-state index is 13.4. The SMILES string of the molecule is COCCOCC12CC(C)CC(C1)N2C(=O)Nc1ccc(C)c(-c2cn3nccc3cn2)c1. The molecule has 1 saturated carbocycles. The number of hydrogen-bond acceptors (Lipinski definition) is 5. The number of rotatable bonds is 7. The van der Waals surface area contributed by atoms with E-state index in [-0.39, 0.29) is 17.6 Å². The third kappa shape index (κ3) is 4.09. The second-order valence-electron chi connectivity index (χ2n) is 9.48. The van der Waals surface area contributed by atoms with E-state index in [2.05, 4.69) is 22.3 Å². The summed E-state index contributed by atoms with van der Waals surface area (Å²) >= 11 is 0. The molecule has 2 fully saturated rings. The number of fused-ring (bicyclic) bond motifs is 3. The van der Waals surface area contributed by atoms with Gasteiger partial charge in [0.25, 0.3) is 0 Å². The average molecular weight is 450 g/mol. The largest absolute Gasteiger partial charge is 0.382 e. The van der Waals surface area contributed by atoms with Crippen LogP contribution in [0.5, 0.6) is 0 Å². The lowest BCUT2D eigenvalue weighted by molar-refractivity contribution is -0.131. The first-order valence-corrected chi connectivity index (χ1v) is 11.6. The second kappa shape index (κ2) is 8.76. The van der Waals surface area contributed by atoms with Crippen molar-refractivity contribution >= 4 is 17.2 Å². The van der Waals surface area contributed by atoms with Crippen molar-refractivity contribution in [2.75, 3.05) is 32.2 Å². The number of anilines is 1. The Morgan fingerprint density at radius 3 is 3.00 bits per heavy atom. The van der Waals surface area contributed by atoms with Gasteiger partial charge in [0.15, 0.2) is 0 Å². The quantitative estimate of drug-likeness (QED) is 0.548. The summed E-state index contributed by atoms with van der Waals surface area (Å²) in [6, 6.07) is 8.09. The predicted octanol–water partition coefficient (Wildman–Crippen LogP) is 4.14. The van der Waals surface area contributed by atoms with Crippen molar-refractivity contribution in [3.8, 4) is 11.3 Å². The number of aromatic nitrogens is 3. The minimum absolute atomic E-state index is 0.0567. The van der Waals surface area contributed by atoms with E-state index in [1.807, 2.05) is 53.0 Å². The molecule has 2 bridgehead atoms. The van der Waals surface area contributed by atoms with Crippen LogP contribution in [0.25, 0.3) is 16.8 Å². The second-order valence-corrected chi connectivity index (χ2v) is 9.48. The molecule has 1 aromatic carbocycles. The lowest BCUT2D eigenvalue weighted by atomic mass is 9.65. The van der Waals surface area contributed by atoms with E-state index in [1.165, 1.54) is 0 Å². The number of methoxy groups -OCH3 is 1. The number of piperidine rings is 1. The van der Waals surface area contributed by atoms with E-state index < -0.39 is 0 Å². The fourth-order valence-electron chi connectivity index (χ4n) is 5.56. The molecule has 2 aromatic heterocycles. The minimum Gasteiger partial charge on any atom is -0.382 e. The van der Waals surface area contributed by atoms with Gasteiger partial charge in [-0.25, -0.2) is 9.31 Å². The van der Waals surface area contributed by atoms with Crippen LogP contribution in [0.15, 0.2) is 42.9 Å². The van der Waals surface area contributed by atoms with Gasteiger partial charge in [0.05, 0.1) is 55.2 Å². The first-order chi connectivity index (χ1) is 16.0. The van der Waals surface area contributed by atoms with Crippen LogP contribution in [0.3, 0.4) is 0 Å². The lowest BCUT2D eigenvalue weighted by Gasteiger charge is -2.63.